The van der Waals surface area contributed by atoms with Gasteiger partial charge in [0.1, 0.15) is 5.82 Å². The van der Waals surface area contributed by atoms with Crippen molar-refractivity contribution in [3.05, 3.63) is 81.9 Å². The standard InChI is InChI=1S/C19H21N3S2/c1-14-8-10-16(11-9-14)12-24-13-18-20-21-19(23)22(18)15(2)17-6-4-3-5-7-17/h3-11,15H,12-13H2,1-2H3,(H,21,23)/t15-/m0/s1. The summed E-state index contributed by atoms with van der Waals surface area (Å²) in [5.41, 5.74) is 3.86. The first-order valence-corrected chi connectivity index (χ1v) is 9.55. The van der Waals surface area contributed by atoms with Crippen molar-refractivity contribution in [2.75, 3.05) is 0 Å². The van der Waals surface area contributed by atoms with Crippen molar-refractivity contribution in [2.45, 2.75) is 31.4 Å². The molecular weight excluding hydrogens is 334 g/mol. The van der Waals surface area contributed by atoms with Gasteiger partial charge in [0.15, 0.2) is 4.77 Å². The van der Waals surface area contributed by atoms with E-state index in [9.17, 15) is 0 Å². The van der Waals surface area contributed by atoms with Crippen LogP contribution in [-0.2, 0) is 11.5 Å². The predicted molar refractivity (Wildman–Crippen MR) is 104 cm³/mol. The van der Waals surface area contributed by atoms with E-state index >= 15 is 0 Å². The lowest BCUT2D eigenvalue weighted by Gasteiger charge is -2.16. The van der Waals surface area contributed by atoms with Crippen LogP contribution in [0.3, 0.4) is 0 Å². The number of thioether (sulfide) groups is 1. The molecule has 0 bridgehead atoms. The summed E-state index contributed by atoms with van der Waals surface area (Å²) in [5, 5.41) is 7.38. The maximum atomic E-state index is 5.44. The number of nitrogens with zero attached hydrogens (tertiary/aromatic N) is 2. The Labute approximate surface area is 152 Å². The Morgan fingerprint density at radius 3 is 2.50 bits per heavy atom. The first kappa shape index (κ1) is 17.0. The fourth-order valence-electron chi connectivity index (χ4n) is 2.66. The minimum absolute atomic E-state index is 0.174. The number of H-pyrrole nitrogens is 1. The quantitative estimate of drug-likeness (QED) is 0.610. The Kier molecular flexibility index (Phi) is 5.53. The van der Waals surface area contributed by atoms with Gasteiger partial charge in [-0.05, 0) is 37.2 Å². The number of rotatable bonds is 6. The van der Waals surface area contributed by atoms with Crippen LogP contribution < -0.4 is 0 Å². The van der Waals surface area contributed by atoms with Gasteiger partial charge in [-0.1, -0.05) is 60.2 Å². The molecular formula is C19H21N3S2. The van der Waals surface area contributed by atoms with Crippen molar-refractivity contribution in [3.63, 3.8) is 0 Å². The van der Waals surface area contributed by atoms with Crippen LogP contribution in [0.15, 0.2) is 54.6 Å². The van der Waals surface area contributed by atoms with E-state index in [4.69, 9.17) is 12.2 Å². The molecule has 1 aromatic heterocycles. The van der Waals surface area contributed by atoms with Gasteiger partial charge in [0.2, 0.25) is 0 Å². The van der Waals surface area contributed by atoms with Crippen molar-refractivity contribution < 1.29 is 0 Å². The highest BCUT2D eigenvalue weighted by Crippen LogP contribution is 2.23. The lowest BCUT2D eigenvalue weighted by molar-refractivity contribution is 0.608. The van der Waals surface area contributed by atoms with E-state index < -0.39 is 0 Å². The molecule has 0 aliphatic heterocycles. The lowest BCUT2D eigenvalue weighted by Crippen LogP contribution is -2.10. The fourth-order valence-corrected chi connectivity index (χ4v) is 3.89. The molecule has 0 amide bonds. The van der Waals surface area contributed by atoms with Crippen LogP contribution in [-0.4, -0.2) is 14.8 Å². The monoisotopic (exact) mass is 355 g/mol. The zero-order chi connectivity index (χ0) is 16.9. The topological polar surface area (TPSA) is 33.6 Å². The summed E-state index contributed by atoms with van der Waals surface area (Å²) < 4.78 is 2.80. The summed E-state index contributed by atoms with van der Waals surface area (Å²) in [7, 11) is 0. The number of benzene rings is 2. The molecule has 0 spiro atoms. The van der Waals surface area contributed by atoms with Crippen molar-refractivity contribution in [1.29, 1.82) is 0 Å². The first-order valence-electron chi connectivity index (χ1n) is 7.99. The molecule has 0 unspecified atom stereocenters. The number of aromatic amines is 1. The van der Waals surface area contributed by atoms with Gasteiger partial charge in [0.25, 0.3) is 0 Å². The lowest BCUT2D eigenvalue weighted by atomic mass is 10.1. The third-order valence-electron chi connectivity index (χ3n) is 4.07. The minimum atomic E-state index is 0.174. The molecule has 3 nitrogen and oxygen atoms in total. The van der Waals surface area contributed by atoms with Crippen LogP contribution in [0.5, 0.6) is 0 Å². The summed E-state index contributed by atoms with van der Waals surface area (Å²) in [5.74, 6) is 2.80. The second-order valence-corrected chi connectivity index (χ2v) is 7.25. The normalized spacial score (nSPS) is 12.2. The summed E-state index contributed by atoms with van der Waals surface area (Å²) >= 11 is 7.30. The van der Waals surface area contributed by atoms with Crippen molar-refractivity contribution in [2.24, 2.45) is 0 Å². The van der Waals surface area contributed by atoms with Gasteiger partial charge in [0.05, 0.1) is 11.8 Å². The van der Waals surface area contributed by atoms with Crippen LogP contribution in [0, 0.1) is 11.7 Å². The first-order chi connectivity index (χ1) is 11.6. The molecule has 0 fully saturated rings. The fraction of sp³-hybridized carbons (Fsp3) is 0.263. The molecule has 3 aromatic rings. The number of hydrogen-bond acceptors (Lipinski definition) is 3. The van der Waals surface area contributed by atoms with E-state index in [1.807, 2.05) is 17.8 Å². The van der Waals surface area contributed by atoms with E-state index in [2.05, 4.69) is 77.1 Å². The second kappa shape index (κ2) is 7.81. The molecule has 1 N–H and O–H groups in total. The smallest absolute Gasteiger partial charge is 0.195 e. The Balaban J connectivity index is 1.71. The van der Waals surface area contributed by atoms with E-state index in [0.717, 1.165) is 17.3 Å². The predicted octanol–water partition coefficient (Wildman–Crippen LogP) is 5.29. The molecule has 124 valence electrons. The molecule has 0 radical (unpaired) electrons. The molecule has 5 heteroatoms. The molecule has 0 aliphatic rings. The minimum Gasteiger partial charge on any atom is -0.296 e. The van der Waals surface area contributed by atoms with Crippen LogP contribution in [0.4, 0.5) is 0 Å². The van der Waals surface area contributed by atoms with E-state index in [0.29, 0.717) is 4.77 Å². The van der Waals surface area contributed by atoms with Crippen LogP contribution in [0.2, 0.25) is 0 Å². The second-order valence-electron chi connectivity index (χ2n) is 5.88. The SMILES string of the molecule is Cc1ccc(CSCc2n[nH]c(=S)n2[C@@H](C)c2ccccc2)cc1. The zero-order valence-electron chi connectivity index (χ0n) is 13.9. The number of hydrogen-bond donors (Lipinski definition) is 1. The van der Waals surface area contributed by atoms with Crippen molar-refractivity contribution in [1.82, 2.24) is 14.8 Å². The number of aryl methyl sites for hydroxylation is 1. The van der Waals surface area contributed by atoms with E-state index in [1.54, 1.807) is 0 Å². The third kappa shape index (κ3) is 3.97. The van der Waals surface area contributed by atoms with Gasteiger partial charge < -0.3 is 0 Å². The average molecular weight is 356 g/mol. The van der Waals surface area contributed by atoms with Crippen molar-refractivity contribution >= 4 is 24.0 Å². The number of aromatic nitrogens is 3. The highest BCUT2D eigenvalue weighted by Gasteiger charge is 2.14. The Morgan fingerprint density at radius 1 is 1.08 bits per heavy atom. The van der Waals surface area contributed by atoms with Crippen LogP contribution in [0.25, 0.3) is 0 Å². The van der Waals surface area contributed by atoms with Crippen molar-refractivity contribution in [3.8, 4) is 0 Å². The van der Waals surface area contributed by atoms with Gasteiger partial charge in [0, 0.05) is 5.75 Å². The maximum Gasteiger partial charge on any atom is 0.195 e. The van der Waals surface area contributed by atoms with Gasteiger partial charge >= 0.3 is 0 Å². The summed E-state index contributed by atoms with van der Waals surface area (Å²) in [6.45, 7) is 4.27. The summed E-state index contributed by atoms with van der Waals surface area (Å²) in [6, 6.07) is 19.3. The molecule has 1 heterocycles. The Bertz CT molecular complexity index is 835. The van der Waals surface area contributed by atoms with E-state index in [1.165, 1.54) is 16.7 Å². The molecule has 0 saturated heterocycles. The summed E-state index contributed by atoms with van der Waals surface area (Å²) in [6.07, 6.45) is 0. The highest BCUT2D eigenvalue weighted by molar-refractivity contribution is 7.97. The highest BCUT2D eigenvalue weighted by atomic mass is 32.2. The summed E-state index contributed by atoms with van der Waals surface area (Å²) in [4.78, 5) is 0. The van der Waals surface area contributed by atoms with Gasteiger partial charge in [-0.15, -0.1) is 11.8 Å². The number of nitrogens with one attached hydrogen (secondary N) is 1. The molecule has 0 aliphatic carbocycles. The molecule has 3 rings (SSSR count). The molecule has 24 heavy (non-hydrogen) atoms. The van der Waals surface area contributed by atoms with E-state index in [-0.39, 0.29) is 6.04 Å². The largest absolute Gasteiger partial charge is 0.296 e. The van der Waals surface area contributed by atoms with Crippen LogP contribution in [0.1, 0.15) is 35.5 Å². The Hall–Kier alpha value is -1.85. The van der Waals surface area contributed by atoms with Gasteiger partial charge in [-0.2, -0.15) is 5.10 Å². The van der Waals surface area contributed by atoms with Crippen LogP contribution >= 0.6 is 24.0 Å². The van der Waals surface area contributed by atoms with Gasteiger partial charge in [-0.25, -0.2) is 0 Å². The van der Waals surface area contributed by atoms with Gasteiger partial charge in [-0.3, -0.25) is 9.67 Å². The Morgan fingerprint density at radius 2 is 1.79 bits per heavy atom. The molecule has 0 saturated carbocycles. The zero-order valence-corrected chi connectivity index (χ0v) is 15.5. The maximum absolute atomic E-state index is 5.44. The molecule has 2 aromatic carbocycles. The molecule has 1 atom stereocenters. The average Bonchev–Trinajstić information content (AvgIpc) is 2.97. The third-order valence-corrected chi connectivity index (χ3v) is 5.36.